The quantitative estimate of drug-likeness (QED) is 0.577. The van der Waals surface area contributed by atoms with E-state index in [0.29, 0.717) is 18.0 Å². The van der Waals surface area contributed by atoms with Crippen LogP contribution in [0.25, 0.3) is 0 Å². The number of ether oxygens (including phenoxy) is 1. The number of hydrogen-bond acceptors (Lipinski definition) is 1. The molecule has 0 aliphatic carbocycles. The fraction of sp³-hybridized carbons (Fsp3) is 0.400. The van der Waals surface area contributed by atoms with Crippen LogP contribution in [0.1, 0.15) is 6.92 Å². The van der Waals surface area contributed by atoms with Crippen LogP contribution in [0.2, 0.25) is 0 Å². The van der Waals surface area contributed by atoms with Crippen LogP contribution in [0.15, 0.2) is 12.1 Å². The van der Waals surface area contributed by atoms with E-state index >= 15 is 0 Å². The lowest BCUT2D eigenvalue weighted by Crippen LogP contribution is -2.10. The minimum atomic E-state index is -1.23. The van der Waals surface area contributed by atoms with E-state index in [1.807, 2.05) is 0 Å². The highest BCUT2D eigenvalue weighted by Crippen LogP contribution is 2.21. The Balaban J connectivity index is 2.73. The second kappa shape index (κ2) is 5.26. The predicted molar refractivity (Wildman–Crippen MR) is 51.7 cm³/mol. The zero-order chi connectivity index (χ0) is 11.4. The molecule has 0 heterocycles. The molecule has 0 unspecified atom stereocenters. The first-order valence-electron chi connectivity index (χ1n) is 4.38. The van der Waals surface area contributed by atoms with Crippen LogP contribution < -0.4 is 4.74 Å². The summed E-state index contributed by atoms with van der Waals surface area (Å²) >= 11 is 5.51. The van der Waals surface area contributed by atoms with Crippen LogP contribution in [-0.2, 0) is 0 Å². The molecular formula is C10H10ClF3O. The highest BCUT2D eigenvalue weighted by molar-refractivity contribution is 6.18. The van der Waals surface area contributed by atoms with Gasteiger partial charge in [-0.05, 0) is 0 Å². The van der Waals surface area contributed by atoms with Gasteiger partial charge in [-0.2, -0.15) is 0 Å². The van der Waals surface area contributed by atoms with E-state index in [2.05, 4.69) is 0 Å². The summed E-state index contributed by atoms with van der Waals surface area (Å²) in [6.07, 6.45) is 0. The molecule has 0 radical (unpaired) electrons. The van der Waals surface area contributed by atoms with Gasteiger partial charge in [0.2, 0.25) is 0 Å². The molecule has 0 saturated carbocycles. The molecule has 0 aliphatic heterocycles. The van der Waals surface area contributed by atoms with Gasteiger partial charge < -0.3 is 4.74 Å². The van der Waals surface area contributed by atoms with E-state index < -0.39 is 17.5 Å². The fourth-order valence-electron chi connectivity index (χ4n) is 0.892. The lowest BCUT2D eigenvalue weighted by Gasteiger charge is -2.10. The Morgan fingerprint density at radius 3 is 2.40 bits per heavy atom. The molecule has 0 bridgehead atoms. The van der Waals surface area contributed by atoms with Crippen LogP contribution in [0.5, 0.6) is 5.75 Å². The first-order chi connectivity index (χ1) is 7.04. The average molecular weight is 239 g/mol. The van der Waals surface area contributed by atoms with Gasteiger partial charge in [-0.25, -0.2) is 13.2 Å². The van der Waals surface area contributed by atoms with E-state index in [9.17, 15) is 13.2 Å². The van der Waals surface area contributed by atoms with E-state index in [0.717, 1.165) is 0 Å². The third-order valence-corrected chi connectivity index (χ3v) is 2.29. The highest BCUT2D eigenvalue weighted by atomic mass is 35.5. The first-order valence-corrected chi connectivity index (χ1v) is 4.91. The van der Waals surface area contributed by atoms with Crippen molar-refractivity contribution in [3.8, 4) is 5.75 Å². The molecule has 0 fully saturated rings. The molecule has 1 nitrogen and oxygen atoms in total. The van der Waals surface area contributed by atoms with Crippen molar-refractivity contribution >= 4 is 11.6 Å². The minimum absolute atomic E-state index is 0.0131. The molecule has 1 rings (SSSR count). The standard InChI is InChI=1S/C10H10ClF3O/c1-6(4-11)5-15-10-3-8(13)7(12)2-9(10)14/h2-3,6H,4-5H2,1H3/t6-/m0/s1. The predicted octanol–water partition coefficient (Wildman–Crippen LogP) is 3.36. The Morgan fingerprint density at radius 1 is 1.20 bits per heavy atom. The second-order valence-corrected chi connectivity index (χ2v) is 3.58. The summed E-state index contributed by atoms with van der Waals surface area (Å²) in [5, 5.41) is 0. The van der Waals surface area contributed by atoms with Crippen LogP contribution in [0, 0.1) is 23.4 Å². The molecule has 0 N–H and O–H groups in total. The number of alkyl halides is 1. The second-order valence-electron chi connectivity index (χ2n) is 3.27. The van der Waals surface area contributed by atoms with Crippen molar-refractivity contribution < 1.29 is 17.9 Å². The van der Waals surface area contributed by atoms with Crippen molar-refractivity contribution in [3.05, 3.63) is 29.6 Å². The summed E-state index contributed by atoms with van der Waals surface area (Å²) in [6, 6.07) is 1.14. The van der Waals surface area contributed by atoms with Crippen molar-refractivity contribution in [2.24, 2.45) is 5.92 Å². The summed E-state index contributed by atoms with van der Waals surface area (Å²) in [5.74, 6) is -3.22. The summed E-state index contributed by atoms with van der Waals surface area (Å²) in [7, 11) is 0. The Hall–Kier alpha value is -0.900. The monoisotopic (exact) mass is 238 g/mol. The zero-order valence-corrected chi connectivity index (χ0v) is 8.82. The Labute approximate surface area is 90.8 Å². The van der Waals surface area contributed by atoms with Crippen LogP contribution in [-0.4, -0.2) is 12.5 Å². The van der Waals surface area contributed by atoms with Crippen LogP contribution in [0.3, 0.4) is 0 Å². The molecule has 0 saturated heterocycles. The summed E-state index contributed by atoms with van der Waals surface area (Å²) in [4.78, 5) is 0. The molecule has 0 aliphatic rings. The van der Waals surface area contributed by atoms with Crippen molar-refractivity contribution in [2.45, 2.75) is 6.92 Å². The van der Waals surface area contributed by atoms with E-state index in [4.69, 9.17) is 16.3 Å². The van der Waals surface area contributed by atoms with Crippen molar-refractivity contribution in [1.82, 2.24) is 0 Å². The van der Waals surface area contributed by atoms with Crippen molar-refractivity contribution in [3.63, 3.8) is 0 Å². The SMILES string of the molecule is C[C@@H](CCl)COc1cc(F)c(F)cc1F. The molecule has 5 heteroatoms. The van der Waals surface area contributed by atoms with Gasteiger partial charge in [-0.1, -0.05) is 6.92 Å². The largest absolute Gasteiger partial charge is 0.490 e. The summed E-state index contributed by atoms with van der Waals surface area (Å²) < 4.78 is 43.2. The molecular weight excluding hydrogens is 229 g/mol. The zero-order valence-electron chi connectivity index (χ0n) is 8.07. The number of hydrogen-bond donors (Lipinski definition) is 0. The van der Waals surface area contributed by atoms with Gasteiger partial charge >= 0.3 is 0 Å². The summed E-state index contributed by atoms with van der Waals surface area (Å²) in [5.41, 5.74) is 0. The fourth-order valence-corrected chi connectivity index (χ4v) is 0.981. The van der Waals surface area contributed by atoms with Crippen molar-refractivity contribution in [2.75, 3.05) is 12.5 Å². The third kappa shape index (κ3) is 3.30. The third-order valence-electron chi connectivity index (χ3n) is 1.76. The Kier molecular flexibility index (Phi) is 4.27. The summed E-state index contributed by atoms with van der Waals surface area (Å²) in [6.45, 7) is 1.95. The van der Waals surface area contributed by atoms with Gasteiger partial charge in [0.15, 0.2) is 23.2 Å². The van der Waals surface area contributed by atoms with E-state index in [1.54, 1.807) is 6.92 Å². The molecule has 0 aromatic heterocycles. The number of benzene rings is 1. The van der Waals surface area contributed by atoms with Gasteiger partial charge in [-0.15, -0.1) is 11.6 Å². The maximum atomic E-state index is 13.0. The Morgan fingerprint density at radius 2 is 1.80 bits per heavy atom. The molecule has 15 heavy (non-hydrogen) atoms. The lowest BCUT2D eigenvalue weighted by atomic mass is 10.2. The number of rotatable bonds is 4. The van der Waals surface area contributed by atoms with Crippen LogP contribution in [0.4, 0.5) is 13.2 Å². The molecule has 1 aromatic rings. The maximum absolute atomic E-state index is 13.0. The van der Waals surface area contributed by atoms with Crippen LogP contribution >= 0.6 is 11.6 Å². The Bertz CT molecular complexity index is 344. The lowest BCUT2D eigenvalue weighted by molar-refractivity contribution is 0.258. The number of halogens is 4. The maximum Gasteiger partial charge on any atom is 0.168 e. The van der Waals surface area contributed by atoms with Crippen molar-refractivity contribution in [1.29, 1.82) is 0 Å². The van der Waals surface area contributed by atoms with Gasteiger partial charge in [-0.3, -0.25) is 0 Å². The van der Waals surface area contributed by atoms with E-state index in [1.165, 1.54) is 0 Å². The van der Waals surface area contributed by atoms with Gasteiger partial charge in [0.25, 0.3) is 0 Å². The van der Waals surface area contributed by atoms with Gasteiger partial charge in [0, 0.05) is 23.9 Å². The molecule has 1 atom stereocenters. The molecule has 0 spiro atoms. The highest BCUT2D eigenvalue weighted by Gasteiger charge is 2.11. The minimum Gasteiger partial charge on any atom is -0.490 e. The van der Waals surface area contributed by atoms with Gasteiger partial charge in [0.1, 0.15) is 0 Å². The van der Waals surface area contributed by atoms with E-state index in [-0.39, 0.29) is 18.3 Å². The van der Waals surface area contributed by atoms with Gasteiger partial charge in [0.05, 0.1) is 6.61 Å². The molecule has 0 amide bonds. The average Bonchev–Trinajstić information content (AvgIpc) is 2.21. The first kappa shape index (κ1) is 12.2. The smallest absolute Gasteiger partial charge is 0.168 e. The normalized spacial score (nSPS) is 12.6. The topological polar surface area (TPSA) is 9.23 Å². The molecule has 84 valence electrons. The molecule has 1 aromatic carbocycles.